The van der Waals surface area contributed by atoms with Gasteiger partial charge in [-0.2, -0.15) is 0 Å². The number of carbonyl (C=O) groups is 1. The third-order valence-corrected chi connectivity index (χ3v) is 5.24. The number of ether oxygens (including phenoxy) is 2. The fraction of sp³-hybridized carbons (Fsp3) is 0.423. The fourth-order valence-electron chi connectivity index (χ4n) is 3.75. The van der Waals surface area contributed by atoms with Crippen molar-refractivity contribution in [3.8, 4) is 11.5 Å². The molecule has 0 saturated heterocycles. The van der Waals surface area contributed by atoms with Crippen LogP contribution in [0.15, 0.2) is 40.0 Å². The number of cyclic esters (lactones) is 1. The molecule has 2 aromatic rings. The van der Waals surface area contributed by atoms with Crippen LogP contribution in [0.1, 0.15) is 80.3 Å². The third kappa shape index (κ3) is 5.60. The van der Waals surface area contributed by atoms with Gasteiger partial charge in [0.05, 0.1) is 6.26 Å². The maximum atomic E-state index is 12.4. The SMILES string of the molecule is CC(C)=Cc1cc(CCC/C(C)=C/Cc2c(O)cc(C)c3c2OC(C)(C)OC3=O)co1. The molecule has 1 aliphatic heterocycles. The Bertz CT molecular complexity index is 1030. The number of allylic oxidation sites excluding steroid dienone is 3. The normalized spacial score (nSPS) is 15.2. The van der Waals surface area contributed by atoms with Crippen LogP contribution in [0, 0.1) is 6.92 Å². The Morgan fingerprint density at radius 3 is 2.61 bits per heavy atom. The summed E-state index contributed by atoms with van der Waals surface area (Å²) in [5.74, 6) is -0.0297. The number of carbonyl (C=O) groups excluding carboxylic acids is 1. The van der Waals surface area contributed by atoms with Crippen molar-refractivity contribution >= 4 is 12.0 Å². The van der Waals surface area contributed by atoms with Crippen molar-refractivity contribution in [2.45, 2.75) is 73.0 Å². The Morgan fingerprint density at radius 1 is 1.16 bits per heavy atom. The first-order valence-electron chi connectivity index (χ1n) is 10.7. The molecule has 1 N–H and O–H groups in total. The number of esters is 1. The van der Waals surface area contributed by atoms with Crippen LogP contribution in [-0.4, -0.2) is 16.9 Å². The van der Waals surface area contributed by atoms with E-state index in [1.54, 1.807) is 26.8 Å². The topological polar surface area (TPSA) is 68.9 Å². The van der Waals surface area contributed by atoms with E-state index in [2.05, 4.69) is 19.1 Å². The number of aryl methyl sites for hydroxylation is 2. The van der Waals surface area contributed by atoms with Gasteiger partial charge in [0.1, 0.15) is 22.8 Å². The number of phenolic OH excluding ortho intramolecular Hbond substituents is 1. The van der Waals surface area contributed by atoms with Crippen LogP contribution in [0.4, 0.5) is 0 Å². The summed E-state index contributed by atoms with van der Waals surface area (Å²) in [5.41, 5.74) is 5.28. The van der Waals surface area contributed by atoms with E-state index in [1.165, 1.54) is 16.7 Å². The minimum atomic E-state index is -1.06. The predicted octanol–water partition coefficient (Wildman–Crippen LogP) is 6.51. The van der Waals surface area contributed by atoms with Crippen LogP contribution in [0.5, 0.6) is 11.5 Å². The smallest absolute Gasteiger partial charge is 0.345 e. The summed E-state index contributed by atoms with van der Waals surface area (Å²) in [6.45, 7) is 11.3. The van der Waals surface area contributed by atoms with Gasteiger partial charge in [-0.1, -0.05) is 17.2 Å². The Kier molecular flexibility index (Phi) is 6.63. The van der Waals surface area contributed by atoms with Gasteiger partial charge in [-0.25, -0.2) is 4.79 Å². The lowest BCUT2D eigenvalue weighted by Crippen LogP contribution is -2.39. The molecule has 5 heteroatoms. The number of hydrogen-bond acceptors (Lipinski definition) is 5. The fourth-order valence-corrected chi connectivity index (χ4v) is 3.75. The van der Waals surface area contributed by atoms with E-state index in [1.807, 2.05) is 26.2 Å². The quantitative estimate of drug-likeness (QED) is 0.405. The molecule has 0 radical (unpaired) electrons. The van der Waals surface area contributed by atoms with Crippen molar-refractivity contribution in [3.63, 3.8) is 0 Å². The van der Waals surface area contributed by atoms with Gasteiger partial charge in [-0.05, 0) is 82.7 Å². The Hall–Kier alpha value is -2.95. The van der Waals surface area contributed by atoms with Crippen molar-refractivity contribution in [2.24, 2.45) is 0 Å². The van der Waals surface area contributed by atoms with Gasteiger partial charge >= 0.3 is 5.97 Å². The molecule has 1 aromatic heterocycles. The Labute approximate surface area is 184 Å². The van der Waals surface area contributed by atoms with Crippen molar-refractivity contribution in [2.75, 3.05) is 0 Å². The zero-order valence-corrected chi connectivity index (χ0v) is 19.3. The molecular weight excluding hydrogens is 392 g/mol. The largest absolute Gasteiger partial charge is 0.508 e. The summed E-state index contributed by atoms with van der Waals surface area (Å²) in [6, 6.07) is 3.68. The summed E-state index contributed by atoms with van der Waals surface area (Å²) in [7, 11) is 0. The number of aromatic hydroxyl groups is 1. The van der Waals surface area contributed by atoms with Crippen LogP contribution in [0.2, 0.25) is 0 Å². The van der Waals surface area contributed by atoms with Crippen LogP contribution in [-0.2, 0) is 17.6 Å². The monoisotopic (exact) mass is 424 g/mol. The lowest BCUT2D eigenvalue weighted by atomic mass is 9.97. The molecule has 0 spiro atoms. The van der Waals surface area contributed by atoms with Crippen molar-refractivity contribution < 1.29 is 23.8 Å². The molecule has 0 atom stereocenters. The number of furan rings is 1. The van der Waals surface area contributed by atoms with Crippen LogP contribution >= 0.6 is 0 Å². The number of fused-ring (bicyclic) bond motifs is 1. The van der Waals surface area contributed by atoms with E-state index in [0.29, 0.717) is 28.9 Å². The highest BCUT2D eigenvalue weighted by atomic mass is 16.7. The number of rotatable bonds is 7. The molecule has 1 aliphatic rings. The molecule has 0 aliphatic carbocycles. The zero-order valence-electron chi connectivity index (χ0n) is 19.3. The van der Waals surface area contributed by atoms with Crippen LogP contribution in [0.3, 0.4) is 0 Å². The van der Waals surface area contributed by atoms with Crippen molar-refractivity contribution in [1.29, 1.82) is 0 Å². The first-order chi connectivity index (χ1) is 14.6. The summed E-state index contributed by atoms with van der Waals surface area (Å²) >= 11 is 0. The first-order valence-corrected chi connectivity index (χ1v) is 10.7. The van der Waals surface area contributed by atoms with E-state index >= 15 is 0 Å². The molecule has 0 amide bonds. The van der Waals surface area contributed by atoms with Gasteiger partial charge in [0.25, 0.3) is 0 Å². The molecule has 1 aromatic carbocycles. The van der Waals surface area contributed by atoms with Crippen LogP contribution in [0.25, 0.3) is 6.08 Å². The minimum absolute atomic E-state index is 0.135. The lowest BCUT2D eigenvalue weighted by molar-refractivity contribution is -0.127. The molecular formula is C26H32O5. The second-order valence-corrected chi connectivity index (χ2v) is 8.97. The number of hydrogen-bond donors (Lipinski definition) is 1. The summed E-state index contributed by atoms with van der Waals surface area (Å²) < 4.78 is 16.9. The molecule has 2 heterocycles. The zero-order chi connectivity index (χ0) is 22.8. The average Bonchev–Trinajstić information content (AvgIpc) is 3.06. The van der Waals surface area contributed by atoms with Gasteiger partial charge in [-0.15, -0.1) is 0 Å². The summed E-state index contributed by atoms with van der Waals surface area (Å²) in [5, 5.41) is 10.5. The standard InChI is InChI=1S/C26H32O5/c1-16(2)12-20-14-19(15-29-20)9-7-8-17(3)10-11-21-22(27)13-18(4)23-24(21)30-26(5,6)31-25(23)28/h10,12-15,27H,7-9,11H2,1-6H3/b17-10+. The van der Waals surface area contributed by atoms with E-state index in [-0.39, 0.29) is 5.75 Å². The second-order valence-electron chi connectivity index (χ2n) is 8.97. The summed E-state index contributed by atoms with van der Waals surface area (Å²) in [4.78, 5) is 12.4. The molecule has 0 saturated carbocycles. The molecule has 0 unspecified atom stereocenters. The Balaban J connectivity index is 1.67. The van der Waals surface area contributed by atoms with Crippen molar-refractivity contribution in [1.82, 2.24) is 0 Å². The highest BCUT2D eigenvalue weighted by Gasteiger charge is 2.37. The number of benzene rings is 1. The highest BCUT2D eigenvalue weighted by molar-refractivity contribution is 5.96. The minimum Gasteiger partial charge on any atom is -0.508 e. The molecule has 31 heavy (non-hydrogen) atoms. The lowest BCUT2D eigenvalue weighted by Gasteiger charge is -2.33. The Morgan fingerprint density at radius 2 is 1.90 bits per heavy atom. The molecule has 0 fully saturated rings. The predicted molar refractivity (Wildman–Crippen MR) is 121 cm³/mol. The number of phenols is 1. The van der Waals surface area contributed by atoms with Gasteiger partial charge in [-0.3, -0.25) is 0 Å². The third-order valence-electron chi connectivity index (χ3n) is 5.24. The van der Waals surface area contributed by atoms with Gasteiger partial charge < -0.3 is 19.0 Å². The molecule has 0 bridgehead atoms. The first kappa shape index (κ1) is 22.7. The van der Waals surface area contributed by atoms with Gasteiger partial charge in [0.2, 0.25) is 5.79 Å². The van der Waals surface area contributed by atoms with E-state index in [4.69, 9.17) is 13.9 Å². The van der Waals surface area contributed by atoms with E-state index in [9.17, 15) is 9.90 Å². The van der Waals surface area contributed by atoms with Crippen molar-refractivity contribution in [3.05, 3.63) is 63.6 Å². The maximum absolute atomic E-state index is 12.4. The summed E-state index contributed by atoms with van der Waals surface area (Å²) in [6.07, 6.45) is 9.31. The van der Waals surface area contributed by atoms with Crippen LogP contribution < -0.4 is 4.74 Å². The van der Waals surface area contributed by atoms with Gasteiger partial charge in [0.15, 0.2) is 0 Å². The van der Waals surface area contributed by atoms with E-state index in [0.717, 1.165) is 25.0 Å². The second kappa shape index (κ2) is 9.04. The molecule has 166 valence electrons. The average molecular weight is 425 g/mol. The maximum Gasteiger partial charge on any atom is 0.345 e. The van der Waals surface area contributed by atoms with Gasteiger partial charge in [0, 0.05) is 19.4 Å². The van der Waals surface area contributed by atoms with E-state index < -0.39 is 11.8 Å². The highest BCUT2D eigenvalue weighted by Crippen LogP contribution is 2.41. The molecule has 3 rings (SSSR count). The molecule has 5 nitrogen and oxygen atoms in total.